The maximum absolute atomic E-state index is 13.9. The van der Waals surface area contributed by atoms with Gasteiger partial charge >= 0.3 is 0 Å². The number of nitrogens with one attached hydrogen (secondary N) is 1. The average Bonchev–Trinajstić information content (AvgIpc) is 3.12. The molecule has 2 heterocycles. The van der Waals surface area contributed by atoms with Crippen LogP contribution in [0.4, 0.5) is 4.39 Å². The molecular weight excluding hydrogens is 437 g/mol. The summed E-state index contributed by atoms with van der Waals surface area (Å²) in [6.45, 7) is 3.81. The highest BCUT2D eigenvalue weighted by Crippen LogP contribution is 2.38. The van der Waals surface area contributed by atoms with Crippen LogP contribution < -0.4 is 9.47 Å². The zero-order valence-electron chi connectivity index (χ0n) is 17.3. The Morgan fingerprint density at radius 3 is 2.81 bits per heavy atom. The van der Waals surface area contributed by atoms with Gasteiger partial charge in [0.05, 0.1) is 17.2 Å². The second-order valence-electron chi connectivity index (χ2n) is 6.97. The summed E-state index contributed by atoms with van der Waals surface area (Å²) in [6.07, 6.45) is 3.06. The lowest BCUT2D eigenvalue weighted by atomic mass is 10.1. The summed E-state index contributed by atoms with van der Waals surface area (Å²) in [5.41, 5.74) is 0.921. The number of hydrogen-bond acceptors (Lipinski definition) is 5. The Morgan fingerprint density at radius 2 is 2.06 bits per heavy atom. The second kappa shape index (κ2) is 8.84. The van der Waals surface area contributed by atoms with Gasteiger partial charge in [-0.2, -0.15) is 4.99 Å². The van der Waals surface area contributed by atoms with Crippen molar-refractivity contribution in [2.45, 2.75) is 20.5 Å². The van der Waals surface area contributed by atoms with Gasteiger partial charge in [0.25, 0.3) is 5.91 Å². The number of amidine groups is 2. The fourth-order valence-corrected chi connectivity index (χ4v) is 3.48. The van der Waals surface area contributed by atoms with Gasteiger partial charge in [0.2, 0.25) is 0 Å². The van der Waals surface area contributed by atoms with Crippen molar-refractivity contribution in [3.8, 4) is 11.5 Å². The number of ether oxygens (including phenoxy) is 2. The number of nitrogens with zero attached hydrogens (tertiary/aromatic N) is 2. The van der Waals surface area contributed by atoms with Crippen molar-refractivity contribution in [3.63, 3.8) is 0 Å². The predicted octanol–water partition coefficient (Wildman–Crippen LogP) is 4.91. The van der Waals surface area contributed by atoms with Crippen LogP contribution >= 0.6 is 11.6 Å². The molecule has 2 aliphatic heterocycles. The van der Waals surface area contributed by atoms with Gasteiger partial charge in [-0.15, -0.1) is 5.06 Å². The van der Waals surface area contributed by atoms with Gasteiger partial charge in [-0.3, -0.25) is 10.2 Å². The Morgan fingerprint density at radius 1 is 1.28 bits per heavy atom. The third-order valence-corrected chi connectivity index (χ3v) is 4.93. The number of carbonyl (C=O) groups excluding carboxylic acids is 1. The molecule has 0 spiro atoms. The van der Waals surface area contributed by atoms with Gasteiger partial charge in [-0.1, -0.05) is 29.8 Å². The molecule has 1 N–H and O–H groups in total. The van der Waals surface area contributed by atoms with E-state index in [1.165, 1.54) is 17.2 Å². The number of halogens is 2. The molecule has 0 saturated heterocycles. The highest BCUT2D eigenvalue weighted by molar-refractivity contribution is 6.33. The van der Waals surface area contributed by atoms with Crippen molar-refractivity contribution >= 4 is 35.3 Å². The molecule has 0 bridgehead atoms. The number of allylic oxidation sites excluding steroid dienone is 1. The minimum absolute atomic E-state index is 0.0355. The zero-order valence-corrected chi connectivity index (χ0v) is 18.1. The first kappa shape index (κ1) is 21.6. The molecule has 2 aliphatic rings. The topological polar surface area (TPSA) is 84.2 Å². The van der Waals surface area contributed by atoms with Crippen molar-refractivity contribution in [2.75, 3.05) is 6.61 Å². The number of amides is 1. The zero-order chi connectivity index (χ0) is 22.8. The molecule has 0 unspecified atom stereocenters. The van der Waals surface area contributed by atoms with E-state index in [0.717, 1.165) is 0 Å². The predicted molar refractivity (Wildman–Crippen MR) is 118 cm³/mol. The summed E-state index contributed by atoms with van der Waals surface area (Å²) in [5.74, 6) is 0.294. The van der Waals surface area contributed by atoms with E-state index in [4.69, 9.17) is 31.3 Å². The molecule has 4 rings (SSSR count). The van der Waals surface area contributed by atoms with Crippen LogP contribution in [-0.2, 0) is 16.2 Å². The standard InChI is InChI=1S/C23H19ClFN3O4/c1-3-30-19-11-14(9-16-22(26)28-20(27-23(16)29)8-13(2)32-28)10-17(24)21(19)31-12-15-6-4-5-7-18(15)25/h4-11,26H,3,12H2,1-2H3/b16-9+,26-22?. The van der Waals surface area contributed by atoms with Gasteiger partial charge < -0.3 is 14.3 Å². The lowest BCUT2D eigenvalue weighted by Crippen LogP contribution is -2.38. The Bertz CT molecular complexity index is 1210. The summed E-state index contributed by atoms with van der Waals surface area (Å²) in [4.78, 5) is 21.9. The largest absolute Gasteiger partial charge is 0.490 e. The summed E-state index contributed by atoms with van der Waals surface area (Å²) in [5, 5.41) is 9.72. The number of rotatable bonds is 6. The second-order valence-corrected chi connectivity index (χ2v) is 7.37. The van der Waals surface area contributed by atoms with Crippen molar-refractivity contribution in [2.24, 2.45) is 4.99 Å². The third kappa shape index (κ3) is 4.22. The minimum Gasteiger partial charge on any atom is -0.490 e. The van der Waals surface area contributed by atoms with E-state index in [1.54, 1.807) is 50.3 Å². The van der Waals surface area contributed by atoms with Gasteiger partial charge in [0, 0.05) is 11.6 Å². The molecule has 0 aromatic heterocycles. The number of fused-ring (bicyclic) bond motifs is 1. The molecule has 9 heteroatoms. The van der Waals surface area contributed by atoms with Crippen LogP contribution in [0.2, 0.25) is 5.02 Å². The van der Waals surface area contributed by atoms with E-state index >= 15 is 0 Å². The van der Waals surface area contributed by atoms with Crippen LogP contribution in [0.5, 0.6) is 11.5 Å². The number of benzene rings is 2. The van der Waals surface area contributed by atoms with Gasteiger partial charge in [-0.25, -0.2) is 4.39 Å². The SMILES string of the molecule is CCOc1cc(/C=C2\C(=N)N3OC(C)=CC3=NC2=O)cc(Cl)c1OCc1ccccc1F. The Labute approximate surface area is 188 Å². The lowest BCUT2D eigenvalue weighted by Gasteiger charge is -2.23. The summed E-state index contributed by atoms with van der Waals surface area (Å²) in [6, 6.07) is 9.49. The van der Waals surface area contributed by atoms with Crippen LogP contribution in [0.3, 0.4) is 0 Å². The van der Waals surface area contributed by atoms with E-state index in [1.807, 2.05) is 0 Å². The molecule has 32 heavy (non-hydrogen) atoms. The Kier molecular flexibility index (Phi) is 5.96. The smallest absolute Gasteiger partial charge is 0.282 e. The molecule has 2 aromatic carbocycles. The monoisotopic (exact) mass is 455 g/mol. The maximum atomic E-state index is 13.9. The van der Waals surface area contributed by atoms with E-state index in [2.05, 4.69) is 4.99 Å². The number of aliphatic imine (C=N–C) groups is 1. The molecule has 0 fully saturated rings. The molecule has 1 amide bonds. The first-order chi connectivity index (χ1) is 15.4. The normalized spacial score (nSPS) is 16.5. The first-order valence-electron chi connectivity index (χ1n) is 9.80. The number of carbonyl (C=O) groups is 1. The van der Waals surface area contributed by atoms with E-state index in [0.29, 0.717) is 29.2 Å². The fraction of sp³-hybridized carbons (Fsp3) is 0.174. The van der Waals surface area contributed by atoms with E-state index in [-0.39, 0.29) is 40.4 Å². The molecule has 0 atom stereocenters. The van der Waals surface area contributed by atoms with Crippen molar-refractivity contribution < 1.29 is 23.5 Å². The van der Waals surface area contributed by atoms with Crippen LogP contribution in [0.1, 0.15) is 25.0 Å². The first-order valence-corrected chi connectivity index (χ1v) is 10.2. The molecule has 164 valence electrons. The number of hydrogen-bond donors (Lipinski definition) is 1. The van der Waals surface area contributed by atoms with Crippen LogP contribution in [0.25, 0.3) is 6.08 Å². The van der Waals surface area contributed by atoms with Gasteiger partial charge in [0.15, 0.2) is 23.2 Å². The quantitative estimate of drug-likeness (QED) is 0.626. The van der Waals surface area contributed by atoms with Gasteiger partial charge in [-0.05, 0) is 43.7 Å². The van der Waals surface area contributed by atoms with Gasteiger partial charge in [0.1, 0.15) is 18.2 Å². The Hall–Kier alpha value is -3.65. The summed E-state index contributed by atoms with van der Waals surface area (Å²) < 4.78 is 25.3. The summed E-state index contributed by atoms with van der Waals surface area (Å²) in [7, 11) is 0. The van der Waals surface area contributed by atoms with Crippen LogP contribution in [0, 0.1) is 11.2 Å². The van der Waals surface area contributed by atoms with Crippen molar-refractivity contribution in [3.05, 3.63) is 75.8 Å². The van der Waals surface area contributed by atoms with Crippen molar-refractivity contribution in [1.82, 2.24) is 5.06 Å². The molecule has 7 nitrogen and oxygen atoms in total. The average molecular weight is 456 g/mol. The van der Waals surface area contributed by atoms with Crippen molar-refractivity contribution in [1.29, 1.82) is 5.41 Å². The number of hydroxylamine groups is 2. The Balaban J connectivity index is 1.64. The highest BCUT2D eigenvalue weighted by atomic mass is 35.5. The summed E-state index contributed by atoms with van der Waals surface area (Å²) >= 11 is 6.44. The lowest BCUT2D eigenvalue weighted by molar-refractivity contribution is -0.114. The third-order valence-electron chi connectivity index (χ3n) is 4.65. The molecular formula is C23H19ClFN3O4. The molecule has 0 radical (unpaired) electrons. The van der Waals surface area contributed by atoms with Crippen LogP contribution in [-0.4, -0.2) is 29.2 Å². The van der Waals surface area contributed by atoms with Crippen LogP contribution in [0.15, 0.2) is 58.8 Å². The molecule has 2 aromatic rings. The maximum Gasteiger partial charge on any atom is 0.282 e. The molecule has 0 saturated carbocycles. The fourth-order valence-electron chi connectivity index (χ4n) is 3.21. The molecule has 0 aliphatic carbocycles. The van der Waals surface area contributed by atoms with E-state index < -0.39 is 5.91 Å². The highest BCUT2D eigenvalue weighted by Gasteiger charge is 2.34. The minimum atomic E-state index is -0.565. The van der Waals surface area contributed by atoms with E-state index in [9.17, 15) is 9.18 Å².